The SMILES string of the molecule is Cn1nc2c(c1-c1ccccc1)CCN(C(=O)CCn1ccccc1=O)CC2. The number of hydrogen-bond acceptors (Lipinski definition) is 3. The second-order valence-electron chi connectivity index (χ2n) is 7.13. The van der Waals surface area contributed by atoms with Crippen molar-refractivity contribution in [3.05, 3.63) is 76.3 Å². The van der Waals surface area contributed by atoms with Gasteiger partial charge in [0.05, 0.1) is 11.4 Å². The molecule has 1 aliphatic rings. The minimum absolute atomic E-state index is 0.0734. The van der Waals surface area contributed by atoms with Gasteiger partial charge in [-0.15, -0.1) is 0 Å². The molecule has 3 heterocycles. The van der Waals surface area contributed by atoms with Gasteiger partial charge in [-0.1, -0.05) is 36.4 Å². The van der Waals surface area contributed by atoms with Crippen LogP contribution in [-0.2, 0) is 31.2 Å². The summed E-state index contributed by atoms with van der Waals surface area (Å²) in [6.45, 7) is 1.76. The van der Waals surface area contributed by atoms with Gasteiger partial charge in [-0.3, -0.25) is 14.3 Å². The molecule has 0 bridgehead atoms. The van der Waals surface area contributed by atoms with Gasteiger partial charge in [-0.05, 0) is 12.5 Å². The fourth-order valence-electron chi connectivity index (χ4n) is 3.91. The number of hydrogen-bond donors (Lipinski definition) is 0. The van der Waals surface area contributed by atoms with E-state index in [1.165, 1.54) is 11.6 Å². The van der Waals surface area contributed by atoms with Crippen molar-refractivity contribution in [2.45, 2.75) is 25.8 Å². The fourth-order valence-corrected chi connectivity index (χ4v) is 3.91. The van der Waals surface area contributed by atoms with Crippen molar-refractivity contribution < 1.29 is 4.79 Å². The van der Waals surface area contributed by atoms with Crippen molar-refractivity contribution in [1.82, 2.24) is 19.2 Å². The lowest BCUT2D eigenvalue weighted by atomic mass is 10.0. The number of benzene rings is 1. The number of nitrogens with zero attached hydrogens (tertiary/aromatic N) is 4. The van der Waals surface area contributed by atoms with Gasteiger partial charge in [0.25, 0.3) is 5.56 Å². The van der Waals surface area contributed by atoms with Gasteiger partial charge in [-0.2, -0.15) is 5.10 Å². The third-order valence-electron chi connectivity index (χ3n) is 5.34. The van der Waals surface area contributed by atoms with Crippen LogP contribution in [0.25, 0.3) is 11.3 Å². The molecule has 0 atom stereocenters. The Bertz CT molecular complexity index is 1040. The molecular formula is C22H24N4O2. The zero-order valence-corrected chi connectivity index (χ0v) is 16.0. The minimum atomic E-state index is -0.0734. The summed E-state index contributed by atoms with van der Waals surface area (Å²) in [6.07, 6.45) is 3.61. The monoisotopic (exact) mass is 376 g/mol. The van der Waals surface area contributed by atoms with E-state index in [1.54, 1.807) is 16.8 Å². The summed E-state index contributed by atoms with van der Waals surface area (Å²) in [7, 11) is 1.98. The zero-order chi connectivity index (χ0) is 19.5. The Balaban J connectivity index is 1.46. The molecule has 3 aromatic rings. The smallest absolute Gasteiger partial charge is 0.250 e. The Labute approximate surface area is 164 Å². The molecule has 0 N–H and O–H groups in total. The van der Waals surface area contributed by atoms with Gasteiger partial charge in [0.1, 0.15) is 0 Å². The molecule has 0 unspecified atom stereocenters. The maximum atomic E-state index is 12.7. The number of carbonyl (C=O) groups excluding carboxylic acids is 1. The second-order valence-corrected chi connectivity index (χ2v) is 7.13. The van der Waals surface area contributed by atoms with Crippen molar-refractivity contribution in [2.75, 3.05) is 13.1 Å². The van der Waals surface area contributed by atoms with Crippen LogP contribution in [0.5, 0.6) is 0 Å². The molecule has 6 heteroatoms. The molecule has 0 aliphatic carbocycles. The Morgan fingerprint density at radius 1 is 1.04 bits per heavy atom. The van der Waals surface area contributed by atoms with Crippen molar-refractivity contribution in [1.29, 1.82) is 0 Å². The molecule has 0 saturated carbocycles. The number of fused-ring (bicyclic) bond motifs is 1. The van der Waals surface area contributed by atoms with E-state index >= 15 is 0 Å². The molecule has 0 spiro atoms. The quantitative estimate of drug-likeness (QED) is 0.702. The fraction of sp³-hybridized carbons (Fsp3) is 0.318. The van der Waals surface area contributed by atoms with Gasteiger partial charge >= 0.3 is 0 Å². The molecule has 0 fully saturated rings. The van der Waals surface area contributed by atoms with Gasteiger partial charge in [0, 0.05) is 62.9 Å². The van der Waals surface area contributed by atoms with Crippen molar-refractivity contribution >= 4 is 5.91 Å². The number of aromatic nitrogens is 3. The molecule has 0 radical (unpaired) electrons. The summed E-state index contributed by atoms with van der Waals surface area (Å²) in [5.41, 5.74) is 4.54. The number of pyridine rings is 1. The molecule has 6 nitrogen and oxygen atoms in total. The number of aryl methyl sites for hydroxylation is 2. The van der Waals surface area contributed by atoms with Crippen LogP contribution in [0.3, 0.4) is 0 Å². The first-order valence-corrected chi connectivity index (χ1v) is 9.67. The summed E-state index contributed by atoms with van der Waals surface area (Å²) in [6, 6.07) is 15.3. The highest BCUT2D eigenvalue weighted by Crippen LogP contribution is 2.28. The van der Waals surface area contributed by atoms with Gasteiger partial charge in [-0.25, -0.2) is 0 Å². The minimum Gasteiger partial charge on any atom is -0.342 e. The predicted molar refractivity (Wildman–Crippen MR) is 108 cm³/mol. The molecule has 28 heavy (non-hydrogen) atoms. The van der Waals surface area contributed by atoms with Gasteiger partial charge < -0.3 is 9.47 Å². The zero-order valence-electron chi connectivity index (χ0n) is 16.0. The predicted octanol–water partition coefficient (Wildman–Crippen LogP) is 2.27. The van der Waals surface area contributed by atoms with Crippen molar-refractivity contribution in [3.8, 4) is 11.3 Å². The van der Waals surface area contributed by atoms with Crippen LogP contribution in [0.1, 0.15) is 17.7 Å². The maximum absolute atomic E-state index is 12.7. The van der Waals surface area contributed by atoms with E-state index in [0.29, 0.717) is 26.1 Å². The summed E-state index contributed by atoms with van der Waals surface area (Å²) in [5, 5.41) is 4.72. The van der Waals surface area contributed by atoms with E-state index in [0.717, 1.165) is 29.8 Å². The third-order valence-corrected chi connectivity index (χ3v) is 5.34. The molecule has 144 valence electrons. The first-order valence-electron chi connectivity index (χ1n) is 9.67. The Kier molecular flexibility index (Phi) is 5.10. The second kappa shape index (κ2) is 7.84. The summed E-state index contributed by atoms with van der Waals surface area (Å²) in [5.74, 6) is 0.0894. The van der Waals surface area contributed by atoms with E-state index in [2.05, 4.69) is 12.1 Å². The van der Waals surface area contributed by atoms with E-state index < -0.39 is 0 Å². The largest absolute Gasteiger partial charge is 0.342 e. The molecular weight excluding hydrogens is 352 g/mol. The van der Waals surface area contributed by atoms with E-state index in [4.69, 9.17) is 5.10 Å². The van der Waals surface area contributed by atoms with Crippen LogP contribution < -0.4 is 5.56 Å². The van der Waals surface area contributed by atoms with Gasteiger partial charge in [0.2, 0.25) is 5.91 Å². The van der Waals surface area contributed by atoms with Crippen LogP contribution in [0, 0.1) is 0 Å². The van der Waals surface area contributed by atoms with Crippen LogP contribution >= 0.6 is 0 Å². The van der Waals surface area contributed by atoms with Crippen molar-refractivity contribution in [2.24, 2.45) is 7.05 Å². The molecule has 1 aromatic carbocycles. The summed E-state index contributed by atoms with van der Waals surface area (Å²) >= 11 is 0. The van der Waals surface area contributed by atoms with Crippen LogP contribution in [-0.4, -0.2) is 38.2 Å². The number of carbonyl (C=O) groups is 1. The molecule has 1 aliphatic heterocycles. The van der Waals surface area contributed by atoms with Crippen LogP contribution in [0.2, 0.25) is 0 Å². The lowest BCUT2D eigenvalue weighted by Crippen LogP contribution is -2.34. The summed E-state index contributed by atoms with van der Waals surface area (Å²) in [4.78, 5) is 26.4. The molecule has 2 aromatic heterocycles. The Hall–Kier alpha value is -3.15. The number of amides is 1. The summed E-state index contributed by atoms with van der Waals surface area (Å²) < 4.78 is 3.54. The first kappa shape index (κ1) is 18.2. The van der Waals surface area contributed by atoms with Crippen LogP contribution in [0.15, 0.2) is 59.5 Å². The molecule has 0 saturated heterocycles. The van der Waals surface area contributed by atoms with E-state index in [9.17, 15) is 9.59 Å². The highest BCUT2D eigenvalue weighted by Gasteiger charge is 2.24. The van der Waals surface area contributed by atoms with Gasteiger partial charge in [0.15, 0.2) is 0 Å². The molecule has 4 rings (SSSR count). The topological polar surface area (TPSA) is 60.1 Å². The average molecular weight is 376 g/mol. The lowest BCUT2D eigenvalue weighted by molar-refractivity contribution is -0.131. The lowest BCUT2D eigenvalue weighted by Gasteiger charge is -2.20. The number of rotatable bonds is 4. The van der Waals surface area contributed by atoms with E-state index in [-0.39, 0.29) is 11.5 Å². The maximum Gasteiger partial charge on any atom is 0.250 e. The van der Waals surface area contributed by atoms with Crippen molar-refractivity contribution in [3.63, 3.8) is 0 Å². The highest BCUT2D eigenvalue weighted by molar-refractivity contribution is 5.76. The highest BCUT2D eigenvalue weighted by atomic mass is 16.2. The van der Waals surface area contributed by atoms with Crippen LogP contribution in [0.4, 0.5) is 0 Å². The Morgan fingerprint density at radius 3 is 2.57 bits per heavy atom. The molecule has 1 amide bonds. The standard InChI is InChI=1S/C22H24N4O2/c1-24-22(17-7-3-2-4-8-17)18-10-14-26(15-11-19(18)23-24)21(28)12-16-25-13-6-5-9-20(25)27/h2-9,13H,10-12,14-16H2,1H3. The van der Waals surface area contributed by atoms with E-state index in [1.807, 2.05) is 40.9 Å². The first-order chi connectivity index (χ1) is 13.6. The Morgan fingerprint density at radius 2 is 1.79 bits per heavy atom. The third kappa shape index (κ3) is 3.63. The average Bonchev–Trinajstić information content (AvgIpc) is 2.88. The normalized spacial score (nSPS) is 13.8.